The van der Waals surface area contributed by atoms with E-state index in [1.807, 2.05) is 37.9 Å². The first kappa shape index (κ1) is 16.9. The topological polar surface area (TPSA) is 57.4 Å². The summed E-state index contributed by atoms with van der Waals surface area (Å²) in [5.41, 5.74) is 0.768. The zero-order chi connectivity index (χ0) is 16.2. The van der Waals surface area contributed by atoms with E-state index in [2.05, 4.69) is 23.3 Å². The summed E-state index contributed by atoms with van der Waals surface area (Å²) in [5.74, 6) is 0.485. The molecule has 1 saturated heterocycles. The van der Waals surface area contributed by atoms with Crippen LogP contribution in [0.1, 0.15) is 52.3 Å². The molecule has 1 aromatic rings. The smallest absolute Gasteiger partial charge is 0.410 e. The van der Waals surface area contributed by atoms with Crippen LogP contribution in [0.2, 0.25) is 0 Å². The maximum atomic E-state index is 12.2. The Hall–Kier alpha value is -1.49. The van der Waals surface area contributed by atoms with E-state index in [1.54, 1.807) is 0 Å². The van der Waals surface area contributed by atoms with Crippen molar-refractivity contribution < 1.29 is 9.53 Å². The summed E-state index contributed by atoms with van der Waals surface area (Å²) in [4.78, 5) is 17.2. The van der Waals surface area contributed by atoms with Gasteiger partial charge in [0.25, 0.3) is 0 Å². The Bertz CT molecular complexity index is 465. The first-order chi connectivity index (χ1) is 10.3. The molecule has 2 rings (SSSR count). The average Bonchev–Trinajstić information content (AvgIpc) is 2.97. The Balaban J connectivity index is 1.79. The molecule has 0 aromatic carbocycles. The number of nitrogens with zero attached hydrogens (tertiary/aromatic N) is 1. The number of hydrogen-bond donors (Lipinski definition) is 2. The minimum atomic E-state index is -0.426. The summed E-state index contributed by atoms with van der Waals surface area (Å²) in [5, 5.41) is 3.55. The number of carbonyl (C=O) groups is 1. The molecule has 1 amide bonds. The quantitative estimate of drug-likeness (QED) is 0.897. The maximum absolute atomic E-state index is 12.2. The van der Waals surface area contributed by atoms with E-state index in [9.17, 15) is 4.79 Å². The minimum absolute atomic E-state index is 0.186. The highest BCUT2D eigenvalue weighted by Gasteiger charge is 2.27. The Morgan fingerprint density at radius 2 is 2.32 bits per heavy atom. The lowest BCUT2D eigenvalue weighted by Gasteiger charge is -2.34. The molecule has 2 unspecified atom stereocenters. The van der Waals surface area contributed by atoms with Crippen molar-refractivity contribution in [1.29, 1.82) is 0 Å². The van der Waals surface area contributed by atoms with Gasteiger partial charge in [-0.25, -0.2) is 4.79 Å². The third-order valence-electron chi connectivity index (χ3n) is 3.97. The molecule has 1 aliphatic heterocycles. The van der Waals surface area contributed by atoms with Gasteiger partial charge in [-0.05, 0) is 58.6 Å². The van der Waals surface area contributed by atoms with Gasteiger partial charge in [0.15, 0.2) is 0 Å². The van der Waals surface area contributed by atoms with Gasteiger partial charge >= 0.3 is 6.09 Å². The minimum Gasteiger partial charge on any atom is -0.444 e. The van der Waals surface area contributed by atoms with E-state index in [-0.39, 0.29) is 6.09 Å². The van der Waals surface area contributed by atoms with Gasteiger partial charge in [-0.15, -0.1) is 0 Å². The Morgan fingerprint density at radius 1 is 1.55 bits per heavy atom. The molecule has 0 bridgehead atoms. The fourth-order valence-electron chi connectivity index (χ4n) is 2.79. The highest BCUT2D eigenvalue weighted by molar-refractivity contribution is 5.68. The molecule has 1 fully saturated rings. The normalized spacial score (nSPS) is 20.7. The second-order valence-corrected chi connectivity index (χ2v) is 7.19. The number of aromatic nitrogens is 1. The fourth-order valence-corrected chi connectivity index (χ4v) is 2.79. The van der Waals surface area contributed by atoms with E-state index in [0.717, 1.165) is 32.5 Å². The number of ether oxygens (including phenoxy) is 1. The lowest BCUT2D eigenvalue weighted by Crippen LogP contribution is -2.45. The summed E-state index contributed by atoms with van der Waals surface area (Å²) < 4.78 is 5.47. The highest BCUT2D eigenvalue weighted by Crippen LogP contribution is 2.20. The Kier molecular flexibility index (Phi) is 5.51. The van der Waals surface area contributed by atoms with Crippen LogP contribution in [0.4, 0.5) is 4.79 Å². The molecule has 2 atom stereocenters. The number of H-pyrrole nitrogens is 1. The van der Waals surface area contributed by atoms with Gasteiger partial charge < -0.3 is 19.9 Å². The average molecular weight is 307 g/mol. The predicted molar refractivity (Wildman–Crippen MR) is 87.7 cm³/mol. The third-order valence-corrected chi connectivity index (χ3v) is 3.97. The van der Waals surface area contributed by atoms with Crippen molar-refractivity contribution in [2.45, 2.75) is 52.2 Å². The van der Waals surface area contributed by atoms with Crippen LogP contribution in [-0.2, 0) is 4.74 Å². The lowest BCUT2D eigenvalue weighted by atomic mass is 9.98. The Morgan fingerprint density at radius 3 is 2.95 bits per heavy atom. The summed E-state index contributed by atoms with van der Waals surface area (Å²) in [6.45, 7) is 10.4. The van der Waals surface area contributed by atoms with E-state index >= 15 is 0 Å². The van der Waals surface area contributed by atoms with Crippen LogP contribution in [0.5, 0.6) is 0 Å². The van der Waals surface area contributed by atoms with Crippen molar-refractivity contribution >= 4 is 6.09 Å². The van der Waals surface area contributed by atoms with Crippen LogP contribution < -0.4 is 5.32 Å². The number of amides is 1. The number of likely N-dealkylation sites (tertiary alicyclic amines) is 1. The van der Waals surface area contributed by atoms with Crippen molar-refractivity contribution in [3.63, 3.8) is 0 Å². The molecule has 5 nitrogen and oxygen atoms in total. The Labute approximate surface area is 133 Å². The standard InChI is InChI=1S/C17H29N3O2/c1-13(15-8-5-9-18-15)19-11-14-7-6-10-20(12-14)16(21)22-17(2,3)4/h5,8-9,13-14,18-19H,6-7,10-12H2,1-4H3. The first-order valence-corrected chi connectivity index (χ1v) is 8.20. The monoisotopic (exact) mass is 307 g/mol. The molecule has 5 heteroatoms. The molecule has 2 N–H and O–H groups in total. The van der Waals surface area contributed by atoms with Gasteiger partial charge in [0.2, 0.25) is 0 Å². The van der Waals surface area contributed by atoms with Crippen LogP contribution in [0.15, 0.2) is 18.3 Å². The molecule has 2 heterocycles. The summed E-state index contributed by atoms with van der Waals surface area (Å²) in [6, 6.07) is 4.40. The second kappa shape index (κ2) is 7.18. The third kappa shape index (κ3) is 5.05. The number of piperidine rings is 1. The van der Waals surface area contributed by atoms with E-state index in [1.165, 1.54) is 5.69 Å². The number of aromatic amines is 1. The van der Waals surface area contributed by atoms with Gasteiger partial charge in [0, 0.05) is 37.6 Å². The largest absolute Gasteiger partial charge is 0.444 e. The SMILES string of the molecule is CC(NCC1CCCN(C(=O)OC(C)(C)C)C1)c1ccc[nH]1. The molecule has 22 heavy (non-hydrogen) atoms. The molecule has 124 valence electrons. The van der Waals surface area contributed by atoms with Crippen LogP contribution in [-0.4, -0.2) is 41.2 Å². The van der Waals surface area contributed by atoms with Crippen LogP contribution >= 0.6 is 0 Å². The molecule has 1 aliphatic rings. The van der Waals surface area contributed by atoms with Gasteiger partial charge in [-0.1, -0.05) is 0 Å². The van der Waals surface area contributed by atoms with Gasteiger partial charge in [-0.3, -0.25) is 0 Å². The highest BCUT2D eigenvalue weighted by atomic mass is 16.6. The summed E-state index contributed by atoms with van der Waals surface area (Å²) >= 11 is 0. The zero-order valence-corrected chi connectivity index (χ0v) is 14.2. The van der Waals surface area contributed by atoms with Crippen molar-refractivity contribution in [3.05, 3.63) is 24.0 Å². The molecule has 0 saturated carbocycles. The predicted octanol–water partition coefficient (Wildman–Crippen LogP) is 3.31. The number of hydrogen-bond acceptors (Lipinski definition) is 3. The number of nitrogens with one attached hydrogen (secondary N) is 2. The molecular weight excluding hydrogens is 278 g/mol. The number of carbonyl (C=O) groups excluding carboxylic acids is 1. The van der Waals surface area contributed by atoms with Gasteiger partial charge in [-0.2, -0.15) is 0 Å². The van der Waals surface area contributed by atoms with E-state index < -0.39 is 5.60 Å². The molecular formula is C17H29N3O2. The van der Waals surface area contributed by atoms with E-state index in [0.29, 0.717) is 12.0 Å². The molecule has 0 radical (unpaired) electrons. The molecule has 1 aromatic heterocycles. The second-order valence-electron chi connectivity index (χ2n) is 7.19. The van der Waals surface area contributed by atoms with Gasteiger partial charge in [0.05, 0.1) is 0 Å². The summed E-state index contributed by atoms with van der Waals surface area (Å²) in [6.07, 6.45) is 3.96. The summed E-state index contributed by atoms with van der Waals surface area (Å²) in [7, 11) is 0. The lowest BCUT2D eigenvalue weighted by molar-refractivity contribution is 0.0165. The maximum Gasteiger partial charge on any atom is 0.410 e. The first-order valence-electron chi connectivity index (χ1n) is 8.20. The van der Waals surface area contributed by atoms with Crippen molar-refractivity contribution in [2.24, 2.45) is 5.92 Å². The van der Waals surface area contributed by atoms with Crippen molar-refractivity contribution in [3.8, 4) is 0 Å². The van der Waals surface area contributed by atoms with Crippen LogP contribution in [0.3, 0.4) is 0 Å². The van der Waals surface area contributed by atoms with Crippen LogP contribution in [0.25, 0.3) is 0 Å². The van der Waals surface area contributed by atoms with E-state index in [4.69, 9.17) is 4.74 Å². The van der Waals surface area contributed by atoms with Crippen LogP contribution in [0, 0.1) is 5.92 Å². The fraction of sp³-hybridized carbons (Fsp3) is 0.706. The molecule has 0 aliphatic carbocycles. The zero-order valence-electron chi connectivity index (χ0n) is 14.2. The van der Waals surface area contributed by atoms with Crippen molar-refractivity contribution in [1.82, 2.24) is 15.2 Å². The molecule has 0 spiro atoms. The number of rotatable bonds is 4. The van der Waals surface area contributed by atoms with Crippen molar-refractivity contribution in [2.75, 3.05) is 19.6 Å². The van der Waals surface area contributed by atoms with Gasteiger partial charge in [0.1, 0.15) is 5.60 Å².